The van der Waals surface area contributed by atoms with Gasteiger partial charge in [0.05, 0.1) is 12.3 Å². The highest BCUT2D eigenvalue weighted by atomic mass is 16.3. The summed E-state index contributed by atoms with van der Waals surface area (Å²) in [6.07, 6.45) is 8.01. The van der Waals surface area contributed by atoms with E-state index in [1.807, 2.05) is 11.1 Å². The molecule has 0 aromatic carbocycles. The van der Waals surface area contributed by atoms with Crippen LogP contribution in [0.3, 0.4) is 0 Å². The third-order valence-corrected chi connectivity index (χ3v) is 4.05. The predicted molar refractivity (Wildman–Crippen MR) is 83.1 cm³/mol. The van der Waals surface area contributed by atoms with Crippen molar-refractivity contribution in [3.8, 4) is 0 Å². The number of anilines is 1. The van der Waals surface area contributed by atoms with E-state index in [1.165, 1.54) is 5.56 Å². The molecular weight excluding hydrogens is 266 g/mol. The Morgan fingerprint density at radius 2 is 2.29 bits per heavy atom. The van der Waals surface area contributed by atoms with Crippen molar-refractivity contribution < 1.29 is 9.90 Å². The van der Waals surface area contributed by atoms with Crippen molar-refractivity contribution >= 4 is 11.6 Å². The number of pyridine rings is 1. The van der Waals surface area contributed by atoms with Gasteiger partial charge in [-0.15, -0.1) is 0 Å². The number of hydrogen-bond donors (Lipinski definition) is 2. The average Bonchev–Trinajstić information content (AvgIpc) is 2.71. The van der Waals surface area contributed by atoms with Gasteiger partial charge in [-0.2, -0.15) is 0 Å². The number of nitrogens with zero attached hydrogens (tertiary/aromatic N) is 2. The van der Waals surface area contributed by atoms with Crippen molar-refractivity contribution in [2.45, 2.75) is 32.6 Å². The number of aliphatic hydroxyl groups excluding tert-OH is 1. The van der Waals surface area contributed by atoms with E-state index in [4.69, 9.17) is 5.11 Å². The van der Waals surface area contributed by atoms with Crippen molar-refractivity contribution in [1.82, 2.24) is 9.88 Å². The topological polar surface area (TPSA) is 65.5 Å². The van der Waals surface area contributed by atoms with Gasteiger partial charge in [0.25, 0.3) is 0 Å². The molecule has 5 nitrogen and oxygen atoms in total. The van der Waals surface area contributed by atoms with Gasteiger partial charge in [0.1, 0.15) is 0 Å². The van der Waals surface area contributed by atoms with Crippen LogP contribution in [0, 0.1) is 5.92 Å². The molecule has 2 rings (SSSR count). The third kappa shape index (κ3) is 5.01. The van der Waals surface area contributed by atoms with Gasteiger partial charge in [0.2, 0.25) is 5.91 Å². The summed E-state index contributed by atoms with van der Waals surface area (Å²) in [4.78, 5) is 17.7. The van der Waals surface area contributed by atoms with E-state index in [0.717, 1.165) is 44.5 Å². The fraction of sp³-hybridized carbons (Fsp3) is 0.625. The van der Waals surface area contributed by atoms with Crippen molar-refractivity contribution in [2.24, 2.45) is 5.92 Å². The first-order valence-corrected chi connectivity index (χ1v) is 7.73. The van der Waals surface area contributed by atoms with E-state index in [0.29, 0.717) is 12.5 Å². The van der Waals surface area contributed by atoms with Gasteiger partial charge >= 0.3 is 0 Å². The molecule has 0 spiro atoms. The maximum atomic E-state index is 11.4. The van der Waals surface area contributed by atoms with E-state index >= 15 is 0 Å². The number of likely N-dealkylation sites (tertiary alicyclic amines) is 1. The van der Waals surface area contributed by atoms with Crippen molar-refractivity contribution in [3.05, 3.63) is 24.0 Å². The zero-order valence-corrected chi connectivity index (χ0v) is 12.7. The number of carbonyl (C=O) groups excluding carboxylic acids is 1. The van der Waals surface area contributed by atoms with Crippen LogP contribution in [0.5, 0.6) is 0 Å². The number of aromatic nitrogens is 1. The van der Waals surface area contributed by atoms with Crippen LogP contribution in [0.1, 0.15) is 31.7 Å². The summed E-state index contributed by atoms with van der Waals surface area (Å²) in [6.45, 7) is 4.08. The van der Waals surface area contributed by atoms with Crippen LogP contribution < -0.4 is 5.32 Å². The maximum absolute atomic E-state index is 11.4. The Hall–Kier alpha value is -1.62. The molecule has 1 aliphatic heterocycles. The predicted octanol–water partition coefficient (Wildman–Crippen LogP) is 1.68. The normalized spacial score (nSPS) is 19.1. The molecule has 2 heterocycles. The molecule has 2 N–H and O–H groups in total. The molecule has 116 valence electrons. The largest absolute Gasteiger partial charge is 0.395 e. The summed E-state index contributed by atoms with van der Waals surface area (Å²) in [5.74, 6) is 0.803. The van der Waals surface area contributed by atoms with E-state index in [2.05, 4.69) is 16.4 Å². The molecule has 1 aromatic heterocycles. The number of aliphatic hydroxyl groups is 1. The van der Waals surface area contributed by atoms with E-state index in [-0.39, 0.29) is 12.5 Å². The van der Waals surface area contributed by atoms with Crippen LogP contribution in [0.2, 0.25) is 0 Å². The summed E-state index contributed by atoms with van der Waals surface area (Å²) in [5, 5.41) is 12.0. The first-order valence-electron chi connectivity index (χ1n) is 7.73. The van der Waals surface area contributed by atoms with Gasteiger partial charge in [-0.1, -0.05) is 0 Å². The molecule has 1 saturated heterocycles. The SMILES string of the molecule is CC(=O)N1CCC[C@@H](Cc2cncc(NCCO)c2)CC1. The second-order valence-corrected chi connectivity index (χ2v) is 5.74. The second kappa shape index (κ2) is 7.98. The van der Waals surface area contributed by atoms with Crippen LogP contribution in [0.15, 0.2) is 18.5 Å². The van der Waals surface area contributed by atoms with Crippen LogP contribution in [-0.4, -0.2) is 47.1 Å². The molecular formula is C16H25N3O2. The van der Waals surface area contributed by atoms with Gasteiger partial charge < -0.3 is 15.3 Å². The molecule has 21 heavy (non-hydrogen) atoms. The van der Waals surface area contributed by atoms with E-state index in [1.54, 1.807) is 13.1 Å². The molecule has 1 atom stereocenters. The molecule has 1 amide bonds. The molecule has 0 radical (unpaired) electrons. The standard InChI is InChI=1S/C16H25N3O2/c1-13(21)19-6-2-3-14(4-7-19)9-15-10-16(12-17-11-15)18-5-8-20/h10-12,14,18,20H,2-9H2,1H3/t14-/m1/s1. The maximum Gasteiger partial charge on any atom is 0.219 e. The van der Waals surface area contributed by atoms with Crippen LogP contribution in [-0.2, 0) is 11.2 Å². The number of carbonyl (C=O) groups is 1. The van der Waals surface area contributed by atoms with E-state index < -0.39 is 0 Å². The highest BCUT2D eigenvalue weighted by molar-refractivity contribution is 5.73. The molecule has 5 heteroatoms. The van der Waals surface area contributed by atoms with Crippen LogP contribution in [0.25, 0.3) is 0 Å². The molecule has 1 aliphatic rings. The summed E-state index contributed by atoms with van der Waals surface area (Å²) in [5.41, 5.74) is 2.18. The van der Waals surface area contributed by atoms with Gasteiger partial charge in [0, 0.05) is 39.0 Å². The monoisotopic (exact) mass is 291 g/mol. The Kier molecular flexibility index (Phi) is 5.99. The Morgan fingerprint density at radius 3 is 3.05 bits per heavy atom. The fourth-order valence-electron chi connectivity index (χ4n) is 2.91. The third-order valence-electron chi connectivity index (χ3n) is 4.05. The van der Waals surface area contributed by atoms with E-state index in [9.17, 15) is 4.79 Å². The molecule has 1 fully saturated rings. The smallest absolute Gasteiger partial charge is 0.219 e. The average molecular weight is 291 g/mol. The van der Waals surface area contributed by atoms with Gasteiger partial charge in [0.15, 0.2) is 0 Å². The number of hydrogen-bond acceptors (Lipinski definition) is 4. The minimum absolute atomic E-state index is 0.119. The van der Waals surface area contributed by atoms with Gasteiger partial charge in [-0.3, -0.25) is 9.78 Å². The first kappa shape index (κ1) is 15.8. The summed E-state index contributed by atoms with van der Waals surface area (Å²) in [6, 6.07) is 2.11. The summed E-state index contributed by atoms with van der Waals surface area (Å²) >= 11 is 0. The molecule has 1 aromatic rings. The van der Waals surface area contributed by atoms with Crippen molar-refractivity contribution in [3.63, 3.8) is 0 Å². The lowest BCUT2D eigenvalue weighted by molar-refractivity contribution is -0.128. The molecule has 0 unspecified atom stereocenters. The lowest BCUT2D eigenvalue weighted by Crippen LogP contribution is -2.29. The Labute approximate surface area is 126 Å². The Morgan fingerprint density at radius 1 is 1.43 bits per heavy atom. The lowest BCUT2D eigenvalue weighted by atomic mass is 9.93. The fourth-order valence-corrected chi connectivity index (χ4v) is 2.91. The Bertz CT molecular complexity index is 465. The zero-order chi connectivity index (χ0) is 15.1. The second-order valence-electron chi connectivity index (χ2n) is 5.74. The van der Waals surface area contributed by atoms with Crippen LogP contribution in [0.4, 0.5) is 5.69 Å². The van der Waals surface area contributed by atoms with Gasteiger partial charge in [-0.25, -0.2) is 0 Å². The Balaban J connectivity index is 1.90. The molecule has 0 saturated carbocycles. The number of amides is 1. The zero-order valence-electron chi connectivity index (χ0n) is 12.7. The molecule has 0 bridgehead atoms. The highest BCUT2D eigenvalue weighted by Gasteiger charge is 2.18. The number of rotatable bonds is 5. The lowest BCUT2D eigenvalue weighted by Gasteiger charge is -2.18. The van der Waals surface area contributed by atoms with Crippen LogP contribution >= 0.6 is 0 Å². The quantitative estimate of drug-likeness (QED) is 0.866. The highest BCUT2D eigenvalue weighted by Crippen LogP contribution is 2.22. The minimum atomic E-state index is 0.119. The first-order chi connectivity index (χ1) is 10.2. The summed E-state index contributed by atoms with van der Waals surface area (Å²) < 4.78 is 0. The minimum Gasteiger partial charge on any atom is -0.395 e. The number of nitrogens with one attached hydrogen (secondary N) is 1. The molecule has 0 aliphatic carbocycles. The summed E-state index contributed by atoms with van der Waals surface area (Å²) in [7, 11) is 0. The van der Waals surface area contributed by atoms with Crippen molar-refractivity contribution in [1.29, 1.82) is 0 Å². The van der Waals surface area contributed by atoms with Gasteiger partial charge in [-0.05, 0) is 43.2 Å². The van der Waals surface area contributed by atoms with Crippen molar-refractivity contribution in [2.75, 3.05) is 31.6 Å².